The summed E-state index contributed by atoms with van der Waals surface area (Å²) in [6, 6.07) is 0. The van der Waals surface area contributed by atoms with Crippen LogP contribution in [-0.4, -0.2) is 35.4 Å². The normalized spacial score (nSPS) is 22.9. The molecule has 2 aliphatic rings. The van der Waals surface area contributed by atoms with Gasteiger partial charge in [-0.15, -0.1) is 0 Å². The SMILES string of the molecule is CCCNC(=O)C1=CCCC=C1OCC(CN/C=C\CC1CCC(CC)C1)SO. The number of nitrogens with one attached hydrogen (secondary N) is 2. The van der Waals surface area contributed by atoms with Crippen LogP contribution in [0.25, 0.3) is 0 Å². The van der Waals surface area contributed by atoms with Crippen LogP contribution in [0, 0.1) is 11.8 Å². The first-order valence-electron chi connectivity index (χ1n) is 11.2. The molecule has 6 heteroatoms. The highest BCUT2D eigenvalue weighted by Crippen LogP contribution is 2.34. The van der Waals surface area contributed by atoms with Gasteiger partial charge in [0.2, 0.25) is 0 Å². The van der Waals surface area contributed by atoms with Crippen LogP contribution in [0.5, 0.6) is 0 Å². The van der Waals surface area contributed by atoms with Gasteiger partial charge in [0.15, 0.2) is 0 Å². The molecule has 2 aliphatic carbocycles. The summed E-state index contributed by atoms with van der Waals surface area (Å²) in [6.45, 7) is 5.96. The largest absolute Gasteiger partial charge is 0.492 e. The summed E-state index contributed by atoms with van der Waals surface area (Å²) in [5.41, 5.74) is 0.612. The molecule has 0 aromatic carbocycles. The van der Waals surface area contributed by atoms with Crippen LogP contribution >= 0.6 is 12.0 Å². The van der Waals surface area contributed by atoms with Crippen molar-refractivity contribution in [3.8, 4) is 0 Å². The molecule has 1 amide bonds. The summed E-state index contributed by atoms with van der Waals surface area (Å²) in [7, 11) is 0. The van der Waals surface area contributed by atoms with Crippen LogP contribution in [0.1, 0.15) is 65.2 Å². The Labute approximate surface area is 180 Å². The summed E-state index contributed by atoms with van der Waals surface area (Å²) < 4.78 is 15.5. The van der Waals surface area contributed by atoms with E-state index in [9.17, 15) is 9.35 Å². The van der Waals surface area contributed by atoms with E-state index in [-0.39, 0.29) is 11.2 Å². The van der Waals surface area contributed by atoms with E-state index in [1.54, 1.807) is 0 Å². The number of allylic oxidation sites excluding steroid dienone is 3. The summed E-state index contributed by atoms with van der Waals surface area (Å²) in [5, 5.41) is 6.09. The Hall–Kier alpha value is -1.40. The van der Waals surface area contributed by atoms with E-state index in [2.05, 4.69) is 23.6 Å². The van der Waals surface area contributed by atoms with Gasteiger partial charge >= 0.3 is 0 Å². The fraction of sp³-hybridized carbons (Fsp3) is 0.696. The highest BCUT2D eigenvalue weighted by Gasteiger charge is 2.22. The molecule has 0 heterocycles. The van der Waals surface area contributed by atoms with Crippen molar-refractivity contribution in [3.63, 3.8) is 0 Å². The maximum Gasteiger partial charge on any atom is 0.254 e. The van der Waals surface area contributed by atoms with Gasteiger partial charge in [-0.2, -0.15) is 0 Å². The van der Waals surface area contributed by atoms with Gasteiger partial charge in [0.25, 0.3) is 5.91 Å². The van der Waals surface area contributed by atoms with Crippen LogP contribution in [0.2, 0.25) is 0 Å². The molecule has 0 radical (unpaired) electrons. The number of amides is 1. The molecule has 29 heavy (non-hydrogen) atoms. The van der Waals surface area contributed by atoms with Gasteiger partial charge in [-0.25, -0.2) is 0 Å². The second-order valence-corrected chi connectivity index (χ2v) is 8.94. The molecule has 3 atom stereocenters. The fourth-order valence-corrected chi connectivity index (χ4v) is 4.24. The van der Waals surface area contributed by atoms with Crippen molar-refractivity contribution in [2.45, 2.75) is 70.5 Å². The van der Waals surface area contributed by atoms with Crippen LogP contribution in [0.4, 0.5) is 0 Å². The minimum atomic E-state index is -0.0987. The van der Waals surface area contributed by atoms with Gasteiger partial charge in [0, 0.05) is 13.1 Å². The lowest BCUT2D eigenvalue weighted by Crippen LogP contribution is -2.29. The van der Waals surface area contributed by atoms with Gasteiger partial charge < -0.3 is 19.9 Å². The number of ether oxygens (including phenoxy) is 1. The van der Waals surface area contributed by atoms with E-state index >= 15 is 0 Å². The summed E-state index contributed by atoms with van der Waals surface area (Å²) in [4.78, 5) is 12.3. The third-order valence-corrected chi connectivity index (χ3v) is 6.34. The lowest BCUT2D eigenvalue weighted by atomic mass is 10.0. The van der Waals surface area contributed by atoms with Gasteiger partial charge in [0.05, 0.1) is 10.8 Å². The predicted octanol–water partition coefficient (Wildman–Crippen LogP) is 5.03. The van der Waals surface area contributed by atoms with Crippen molar-refractivity contribution in [3.05, 3.63) is 35.8 Å². The smallest absolute Gasteiger partial charge is 0.254 e. The summed E-state index contributed by atoms with van der Waals surface area (Å²) >= 11 is 0.800. The Kier molecular flexibility index (Phi) is 11.3. The molecule has 0 saturated heterocycles. The van der Waals surface area contributed by atoms with Crippen molar-refractivity contribution >= 4 is 17.9 Å². The summed E-state index contributed by atoms with van der Waals surface area (Å²) in [5.74, 6) is 2.30. The Morgan fingerprint density at radius 2 is 2.10 bits per heavy atom. The average molecular weight is 423 g/mol. The van der Waals surface area contributed by atoms with Crippen LogP contribution in [-0.2, 0) is 9.53 Å². The quantitative estimate of drug-likeness (QED) is 0.363. The minimum Gasteiger partial charge on any atom is -0.492 e. The van der Waals surface area contributed by atoms with E-state index < -0.39 is 0 Å². The molecule has 0 bridgehead atoms. The third kappa shape index (κ3) is 8.47. The van der Waals surface area contributed by atoms with Crippen molar-refractivity contribution in [2.24, 2.45) is 11.8 Å². The van der Waals surface area contributed by atoms with Crippen LogP contribution in [0.15, 0.2) is 35.8 Å². The van der Waals surface area contributed by atoms with Gasteiger partial charge in [0.1, 0.15) is 12.4 Å². The van der Waals surface area contributed by atoms with Crippen LogP contribution < -0.4 is 10.6 Å². The van der Waals surface area contributed by atoms with E-state index in [0.717, 1.165) is 49.6 Å². The van der Waals surface area contributed by atoms with Crippen molar-refractivity contribution in [2.75, 3.05) is 19.7 Å². The first kappa shape index (κ1) is 23.9. The van der Waals surface area contributed by atoms with Gasteiger partial charge in [-0.1, -0.05) is 38.8 Å². The first-order chi connectivity index (χ1) is 14.2. The van der Waals surface area contributed by atoms with Crippen molar-refractivity contribution < 1.29 is 14.1 Å². The molecular formula is C23H38N2O3S. The highest BCUT2D eigenvalue weighted by atomic mass is 32.2. The topological polar surface area (TPSA) is 70.6 Å². The predicted molar refractivity (Wildman–Crippen MR) is 122 cm³/mol. The molecule has 0 spiro atoms. The molecule has 3 N–H and O–H groups in total. The number of carbonyl (C=O) groups excluding carboxylic acids is 1. The van der Waals surface area contributed by atoms with E-state index in [0.29, 0.717) is 31.0 Å². The molecule has 0 aromatic heterocycles. The average Bonchev–Trinajstić information content (AvgIpc) is 3.22. The molecule has 0 aromatic rings. The standard InChI is InChI=1S/C23H38N2O3S/c1-3-13-25-23(26)21-9-5-6-10-22(21)28-17-20(29-27)16-24-14-7-8-19-12-11-18(4-2)15-19/h7,9-10,14,18-20,24,27H,3-6,8,11-13,15-17H2,1-2H3,(H,25,26)/b14-7-. The number of rotatable bonds is 13. The Morgan fingerprint density at radius 1 is 1.31 bits per heavy atom. The fourth-order valence-electron chi connectivity index (χ4n) is 3.94. The monoisotopic (exact) mass is 422 g/mol. The second kappa shape index (κ2) is 13.8. The molecular weight excluding hydrogens is 384 g/mol. The maximum absolute atomic E-state index is 12.3. The molecule has 1 saturated carbocycles. The zero-order chi connectivity index (χ0) is 20.9. The van der Waals surface area contributed by atoms with E-state index in [1.165, 1.54) is 25.7 Å². The molecule has 0 aliphatic heterocycles. The molecule has 5 nitrogen and oxygen atoms in total. The zero-order valence-corrected chi connectivity index (χ0v) is 18.8. The highest BCUT2D eigenvalue weighted by molar-refractivity contribution is 7.94. The third-order valence-electron chi connectivity index (χ3n) is 5.74. The molecule has 1 fully saturated rings. The number of hydrogen-bond acceptors (Lipinski definition) is 5. The van der Waals surface area contributed by atoms with Gasteiger partial charge in [-0.3, -0.25) is 4.79 Å². The lowest BCUT2D eigenvalue weighted by molar-refractivity contribution is -0.117. The molecule has 3 unspecified atom stereocenters. The first-order valence-corrected chi connectivity index (χ1v) is 12.0. The Balaban J connectivity index is 1.69. The Morgan fingerprint density at radius 3 is 2.83 bits per heavy atom. The van der Waals surface area contributed by atoms with E-state index in [4.69, 9.17) is 4.74 Å². The molecule has 2 rings (SSSR count). The lowest BCUT2D eigenvalue weighted by Gasteiger charge is -2.20. The van der Waals surface area contributed by atoms with Crippen molar-refractivity contribution in [1.82, 2.24) is 10.6 Å². The molecule has 164 valence electrons. The van der Waals surface area contributed by atoms with Crippen LogP contribution in [0.3, 0.4) is 0 Å². The number of carbonyl (C=O) groups is 1. The number of hydrogen-bond donors (Lipinski definition) is 3. The second-order valence-electron chi connectivity index (χ2n) is 8.06. The zero-order valence-electron chi connectivity index (χ0n) is 18.0. The van der Waals surface area contributed by atoms with E-state index in [1.807, 2.05) is 25.3 Å². The van der Waals surface area contributed by atoms with Crippen molar-refractivity contribution in [1.29, 1.82) is 0 Å². The Bertz CT molecular complexity index is 589. The maximum atomic E-state index is 12.3. The summed E-state index contributed by atoms with van der Waals surface area (Å²) in [6.07, 6.45) is 17.3. The van der Waals surface area contributed by atoms with Gasteiger partial charge in [-0.05, 0) is 74.7 Å². The minimum absolute atomic E-state index is 0.0794.